The van der Waals surface area contributed by atoms with Crippen LogP contribution in [-0.4, -0.2) is 11.1 Å². The monoisotopic (exact) mass is 372 g/mol. The van der Waals surface area contributed by atoms with Gasteiger partial charge in [0.1, 0.15) is 6.10 Å². The maximum absolute atomic E-state index is 12.0. The van der Waals surface area contributed by atoms with E-state index in [4.69, 9.17) is 0 Å². The summed E-state index contributed by atoms with van der Waals surface area (Å²) < 4.78 is 0. The summed E-state index contributed by atoms with van der Waals surface area (Å²) in [4.78, 5) is 13.9. The molecule has 0 aliphatic rings. The lowest BCUT2D eigenvalue weighted by Gasteiger charge is -2.09. The topological polar surface area (TPSA) is 61.4 Å². The van der Waals surface area contributed by atoms with Crippen LogP contribution >= 0.6 is 22.7 Å². The molecule has 0 saturated heterocycles. The summed E-state index contributed by atoms with van der Waals surface area (Å²) in [6, 6.07) is 11.4. The zero-order valence-electron chi connectivity index (χ0n) is 14.1. The molecule has 0 aliphatic heterocycles. The van der Waals surface area contributed by atoms with E-state index in [1.54, 1.807) is 11.3 Å². The van der Waals surface area contributed by atoms with Gasteiger partial charge in [-0.3, -0.25) is 0 Å². The molecule has 1 aromatic carbocycles. The largest absolute Gasteiger partial charge is 0.383 e. The number of benzene rings is 1. The summed E-state index contributed by atoms with van der Waals surface area (Å²) in [7, 11) is 0. The molecule has 3 N–H and O–H groups in total. The van der Waals surface area contributed by atoms with Crippen molar-refractivity contribution >= 4 is 34.4 Å². The highest BCUT2D eigenvalue weighted by atomic mass is 32.1. The van der Waals surface area contributed by atoms with Crippen molar-refractivity contribution in [3.05, 3.63) is 73.6 Å². The summed E-state index contributed by atoms with van der Waals surface area (Å²) >= 11 is 3.07. The molecule has 2 heterocycles. The van der Waals surface area contributed by atoms with Crippen LogP contribution in [0.5, 0.6) is 0 Å². The molecular formula is C19H20N2O2S2. The van der Waals surface area contributed by atoms with Crippen LogP contribution in [0.4, 0.5) is 10.5 Å². The number of hydrogen-bond acceptors (Lipinski definition) is 4. The van der Waals surface area contributed by atoms with E-state index in [-0.39, 0.29) is 6.03 Å². The number of anilines is 1. The number of aryl methyl sites for hydroxylation is 2. The Morgan fingerprint density at radius 1 is 1.16 bits per heavy atom. The Labute approximate surface area is 155 Å². The second-order valence-corrected chi connectivity index (χ2v) is 7.85. The van der Waals surface area contributed by atoms with Gasteiger partial charge < -0.3 is 15.7 Å². The Bertz CT molecular complexity index is 856. The maximum Gasteiger partial charge on any atom is 0.319 e. The molecule has 0 saturated carbocycles. The van der Waals surface area contributed by atoms with Crippen LogP contribution in [0.1, 0.15) is 32.5 Å². The lowest BCUT2D eigenvalue weighted by molar-refractivity contribution is 0.224. The van der Waals surface area contributed by atoms with E-state index in [0.717, 1.165) is 26.6 Å². The summed E-state index contributed by atoms with van der Waals surface area (Å²) in [5.41, 5.74) is 4.02. The van der Waals surface area contributed by atoms with Crippen molar-refractivity contribution in [2.24, 2.45) is 0 Å². The van der Waals surface area contributed by atoms with Crippen LogP contribution < -0.4 is 10.6 Å². The molecule has 3 aromatic rings. The molecule has 0 spiro atoms. The number of thiophene rings is 2. The highest BCUT2D eigenvalue weighted by Crippen LogP contribution is 2.29. The van der Waals surface area contributed by atoms with Gasteiger partial charge >= 0.3 is 6.03 Å². The zero-order chi connectivity index (χ0) is 17.8. The number of aliphatic hydroxyl groups is 1. The van der Waals surface area contributed by atoms with Crippen LogP contribution in [-0.2, 0) is 6.54 Å². The van der Waals surface area contributed by atoms with E-state index in [0.29, 0.717) is 6.54 Å². The maximum atomic E-state index is 12.0. The van der Waals surface area contributed by atoms with Crippen LogP contribution in [0.2, 0.25) is 0 Å². The molecule has 25 heavy (non-hydrogen) atoms. The molecule has 130 valence electrons. The van der Waals surface area contributed by atoms with Crippen LogP contribution in [0.3, 0.4) is 0 Å². The van der Waals surface area contributed by atoms with Gasteiger partial charge in [0.2, 0.25) is 0 Å². The van der Waals surface area contributed by atoms with E-state index >= 15 is 0 Å². The van der Waals surface area contributed by atoms with Crippen molar-refractivity contribution in [2.75, 3.05) is 5.32 Å². The van der Waals surface area contributed by atoms with Gasteiger partial charge in [0.05, 0.1) is 6.54 Å². The number of amides is 2. The molecule has 3 rings (SSSR count). The number of hydrogen-bond donors (Lipinski definition) is 3. The number of carbonyl (C=O) groups excluding carboxylic acids is 1. The molecule has 2 amide bonds. The van der Waals surface area contributed by atoms with Gasteiger partial charge in [-0.2, -0.15) is 11.3 Å². The van der Waals surface area contributed by atoms with Gasteiger partial charge in [-0.25, -0.2) is 4.79 Å². The highest BCUT2D eigenvalue weighted by molar-refractivity contribution is 7.12. The Kier molecular flexibility index (Phi) is 5.53. The van der Waals surface area contributed by atoms with E-state index in [1.165, 1.54) is 16.9 Å². The van der Waals surface area contributed by atoms with Crippen molar-refractivity contribution in [1.29, 1.82) is 0 Å². The molecule has 4 nitrogen and oxygen atoms in total. The number of rotatable bonds is 5. The van der Waals surface area contributed by atoms with Gasteiger partial charge in [-0.1, -0.05) is 6.07 Å². The lowest BCUT2D eigenvalue weighted by atomic mass is 10.1. The third kappa shape index (κ3) is 4.48. The van der Waals surface area contributed by atoms with Crippen molar-refractivity contribution in [3.8, 4) is 0 Å². The first-order valence-corrected chi connectivity index (χ1v) is 9.70. The van der Waals surface area contributed by atoms with Gasteiger partial charge in [0.25, 0.3) is 0 Å². The predicted octanol–water partition coefficient (Wildman–Crippen LogP) is 4.83. The van der Waals surface area contributed by atoms with E-state index in [1.807, 2.05) is 61.0 Å². The molecule has 2 aromatic heterocycles. The minimum atomic E-state index is -0.602. The average Bonchev–Trinajstić information content (AvgIpc) is 3.27. The fourth-order valence-electron chi connectivity index (χ4n) is 2.39. The van der Waals surface area contributed by atoms with Crippen LogP contribution in [0, 0.1) is 13.8 Å². The van der Waals surface area contributed by atoms with Crippen molar-refractivity contribution in [2.45, 2.75) is 26.5 Å². The van der Waals surface area contributed by atoms with Crippen molar-refractivity contribution < 1.29 is 9.90 Å². The fourth-order valence-corrected chi connectivity index (χ4v) is 4.04. The second kappa shape index (κ2) is 7.82. The van der Waals surface area contributed by atoms with Gasteiger partial charge in [0.15, 0.2) is 0 Å². The molecule has 0 aliphatic carbocycles. The number of carbonyl (C=O) groups is 1. The van der Waals surface area contributed by atoms with E-state index in [9.17, 15) is 9.90 Å². The first kappa shape index (κ1) is 17.7. The second-order valence-electron chi connectivity index (χ2n) is 5.87. The first-order chi connectivity index (χ1) is 12.0. The minimum Gasteiger partial charge on any atom is -0.383 e. The van der Waals surface area contributed by atoms with Crippen LogP contribution in [0.15, 0.2) is 47.2 Å². The zero-order valence-corrected chi connectivity index (χ0v) is 15.7. The summed E-state index contributed by atoms with van der Waals surface area (Å²) in [6.45, 7) is 4.49. The van der Waals surface area contributed by atoms with Crippen molar-refractivity contribution in [1.82, 2.24) is 5.32 Å². The quantitative estimate of drug-likeness (QED) is 0.601. The summed E-state index contributed by atoms with van der Waals surface area (Å²) in [5, 5.41) is 19.9. The Hall–Kier alpha value is -2.15. The third-order valence-corrected chi connectivity index (χ3v) is 5.84. The Balaban J connectivity index is 1.55. The predicted molar refractivity (Wildman–Crippen MR) is 104 cm³/mol. The molecule has 0 bridgehead atoms. The van der Waals surface area contributed by atoms with E-state index < -0.39 is 6.10 Å². The SMILES string of the molecule is Cc1ccc(NC(=O)NCc2ccc(C(O)c3ccsc3)s2)cc1C. The van der Waals surface area contributed by atoms with Crippen LogP contribution in [0.25, 0.3) is 0 Å². The molecule has 1 atom stereocenters. The molecule has 6 heteroatoms. The standard InChI is InChI=1S/C19H20N2O2S2/c1-12-3-4-15(9-13(12)2)21-19(23)20-10-16-5-6-17(25-16)18(22)14-7-8-24-11-14/h3-9,11,18,22H,10H2,1-2H3,(H2,20,21,23). The lowest BCUT2D eigenvalue weighted by Crippen LogP contribution is -2.27. The number of nitrogens with one attached hydrogen (secondary N) is 2. The van der Waals surface area contributed by atoms with Gasteiger partial charge in [-0.05, 0) is 71.6 Å². The average molecular weight is 373 g/mol. The minimum absolute atomic E-state index is 0.239. The molecular weight excluding hydrogens is 352 g/mol. The fraction of sp³-hybridized carbons (Fsp3) is 0.211. The summed E-state index contributed by atoms with van der Waals surface area (Å²) in [5.74, 6) is 0. The summed E-state index contributed by atoms with van der Waals surface area (Å²) in [6.07, 6.45) is -0.602. The van der Waals surface area contributed by atoms with Crippen molar-refractivity contribution in [3.63, 3.8) is 0 Å². The van der Waals surface area contributed by atoms with Gasteiger partial charge in [0, 0.05) is 15.4 Å². The Morgan fingerprint density at radius 2 is 2.00 bits per heavy atom. The highest BCUT2D eigenvalue weighted by Gasteiger charge is 2.13. The number of aliphatic hydroxyl groups excluding tert-OH is 1. The van der Waals surface area contributed by atoms with Gasteiger partial charge in [-0.15, -0.1) is 11.3 Å². The third-order valence-electron chi connectivity index (χ3n) is 4.00. The number of urea groups is 1. The molecule has 1 unspecified atom stereocenters. The van der Waals surface area contributed by atoms with E-state index in [2.05, 4.69) is 10.6 Å². The molecule has 0 fully saturated rings. The first-order valence-electron chi connectivity index (χ1n) is 7.94. The smallest absolute Gasteiger partial charge is 0.319 e. The normalized spacial score (nSPS) is 12.0. The Morgan fingerprint density at radius 3 is 2.72 bits per heavy atom. The molecule has 0 radical (unpaired) electrons.